The van der Waals surface area contributed by atoms with E-state index in [-0.39, 0.29) is 6.04 Å². The van der Waals surface area contributed by atoms with Gasteiger partial charge in [0.05, 0.1) is 0 Å². The van der Waals surface area contributed by atoms with Gasteiger partial charge >= 0.3 is 0 Å². The Morgan fingerprint density at radius 2 is 1.72 bits per heavy atom. The second-order valence-electron chi connectivity index (χ2n) is 4.03. The van der Waals surface area contributed by atoms with Crippen LogP contribution in [0.2, 0.25) is 5.02 Å². The van der Waals surface area contributed by atoms with Crippen molar-refractivity contribution >= 4 is 27.5 Å². The van der Waals surface area contributed by atoms with Crippen molar-refractivity contribution in [3.63, 3.8) is 0 Å². The highest BCUT2D eigenvalue weighted by atomic mass is 79.9. The Labute approximate surface area is 120 Å². The lowest BCUT2D eigenvalue weighted by Crippen LogP contribution is -2.05. The first-order valence-corrected chi connectivity index (χ1v) is 6.72. The molecule has 0 aromatic heterocycles. The first kappa shape index (κ1) is 13.4. The van der Waals surface area contributed by atoms with Gasteiger partial charge in [-0.2, -0.15) is 0 Å². The highest BCUT2D eigenvalue weighted by Gasteiger charge is 2.06. The van der Waals surface area contributed by atoms with Crippen LogP contribution in [0.5, 0.6) is 11.5 Å². The van der Waals surface area contributed by atoms with E-state index in [1.807, 2.05) is 37.3 Å². The molecule has 18 heavy (non-hydrogen) atoms. The normalized spacial score (nSPS) is 12.2. The first-order valence-electron chi connectivity index (χ1n) is 5.54. The van der Waals surface area contributed by atoms with Gasteiger partial charge in [-0.05, 0) is 48.9 Å². The highest BCUT2D eigenvalue weighted by Crippen LogP contribution is 2.29. The first-order chi connectivity index (χ1) is 8.56. The molecule has 2 aromatic rings. The Kier molecular flexibility index (Phi) is 4.27. The van der Waals surface area contributed by atoms with Gasteiger partial charge in [0.1, 0.15) is 11.5 Å². The quantitative estimate of drug-likeness (QED) is 0.869. The van der Waals surface area contributed by atoms with Gasteiger partial charge in [-0.1, -0.05) is 33.6 Å². The van der Waals surface area contributed by atoms with E-state index in [0.29, 0.717) is 5.02 Å². The van der Waals surface area contributed by atoms with Crippen LogP contribution in [-0.4, -0.2) is 0 Å². The molecule has 2 rings (SSSR count). The summed E-state index contributed by atoms with van der Waals surface area (Å²) in [7, 11) is 0. The van der Waals surface area contributed by atoms with Crippen molar-refractivity contribution in [2.75, 3.05) is 0 Å². The third-order valence-electron chi connectivity index (χ3n) is 2.51. The fourth-order valence-corrected chi connectivity index (χ4v) is 2.42. The number of nitrogens with two attached hydrogens (primary N) is 1. The van der Waals surface area contributed by atoms with Crippen LogP contribution in [0.1, 0.15) is 18.5 Å². The number of hydrogen-bond donors (Lipinski definition) is 1. The average molecular weight is 327 g/mol. The van der Waals surface area contributed by atoms with Gasteiger partial charge in [-0.15, -0.1) is 0 Å². The summed E-state index contributed by atoms with van der Waals surface area (Å²) in [6.07, 6.45) is 0. The summed E-state index contributed by atoms with van der Waals surface area (Å²) < 4.78 is 6.67. The number of hydrogen-bond acceptors (Lipinski definition) is 2. The maximum Gasteiger partial charge on any atom is 0.128 e. The van der Waals surface area contributed by atoms with Crippen LogP contribution < -0.4 is 10.5 Å². The van der Waals surface area contributed by atoms with Gasteiger partial charge in [-0.25, -0.2) is 0 Å². The van der Waals surface area contributed by atoms with E-state index in [1.54, 1.807) is 12.1 Å². The monoisotopic (exact) mass is 325 g/mol. The average Bonchev–Trinajstić information content (AvgIpc) is 2.32. The summed E-state index contributed by atoms with van der Waals surface area (Å²) in [5, 5.41) is 0.691. The minimum atomic E-state index is -0.0102. The van der Waals surface area contributed by atoms with Crippen LogP contribution in [0, 0.1) is 0 Å². The van der Waals surface area contributed by atoms with Crippen molar-refractivity contribution in [3.8, 4) is 11.5 Å². The molecule has 0 aliphatic carbocycles. The summed E-state index contributed by atoms with van der Waals surface area (Å²) in [5.74, 6) is 1.51. The van der Waals surface area contributed by atoms with Crippen molar-refractivity contribution in [2.45, 2.75) is 13.0 Å². The predicted octanol–water partition coefficient (Wildman–Crippen LogP) is 4.91. The lowest BCUT2D eigenvalue weighted by atomic mass is 10.1. The molecule has 0 bridgehead atoms. The van der Waals surface area contributed by atoms with Gasteiger partial charge in [0.25, 0.3) is 0 Å². The van der Waals surface area contributed by atoms with E-state index >= 15 is 0 Å². The van der Waals surface area contributed by atoms with E-state index in [2.05, 4.69) is 15.9 Å². The molecule has 2 nitrogen and oxygen atoms in total. The van der Waals surface area contributed by atoms with Crippen LogP contribution in [0.4, 0.5) is 0 Å². The lowest BCUT2D eigenvalue weighted by Gasteiger charge is -2.11. The number of rotatable bonds is 3. The summed E-state index contributed by atoms with van der Waals surface area (Å²) >= 11 is 9.31. The topological polar surface area (TPSA) is 35.2 Å². The van der Waals surface area contributed by atoms with Crippen molar-refractivity contribution in [1.29, 1.82) is 0 Å². The lowest BCUT2D eigenvalue weighted by molar-refractivity contribution is 0.482. The zero-order valence-electron chi connectivity index (χ0n) is 9.86. The van der Waals surface area contributed by atoms with Crippen LogP contribution in [0.3, 0.4) is 0 Å². The van der Waals surface area contributed by atoms with Crippen molar-refractivity contribution in [3.05, 3.63) is 57.5 Å². The zero-order chi connectivity index (χ0) is 13.1. The second kappa shape index (κ2) is 5.74. The van der Waals surface area contributed by atoms with Crippen LogP contribution >= 0.6 is 27.5 Å². The molecule has 0 aliphatic rings. The van der Waals surface area contributed by atoms with Crippen molar-refractivity contribution in [2.24, 2.45) is 5.73 Å². The van der Waals surface area contributed by atoms with E-state index in [0.717, 1.165) is 21.5 Å². The molecule has 4 heteroatoms. The van der Waals surface area contributed by atoms with E-state index in [1.165, 1.54) is 0 Å². The molecular weight excluding hydrogens is 314 g/mol. The highest BCUT2D eigenvalue weighted by molar-refractivity contribution is 9.10. The minimum absolute atomic E-state index is 0.0102. The molecule has 0 fully saturated rings. The van der Waals surface area contributed by atoms with Gasteiger partial charge in [-0.3, -0.25) is 0 Å². The standard InChI is InChI=1S/C14H13BrClNO/c1-9(17)13-7-6-12(8-14(13)15)18-11-4-2-10(16)3-5-11/h2-9H,17H2,1H3. The minimum Gasteiger partial charge on any atom is -0.457 e. The van der Waals surface area contributed by atoms with Crippen molar-refractivity contribution in [1.82, 2.24) is 0 Å². The van der Waals surface area contributed by atoms with Gasteiger partial charge in [0, 0.05) is 15.5 Å². The van der Waals surface area contributed by atoms with Crippen LogP contribution in [0.25, 0.3) is 0 Å². The third kappa shape index (κ3) is 3.25. The molecule has 0 heterocycles. The smallest absolute Gasteiger partial charge is 0.128 e. The Morgan fingerprint density at radius 1 is 1.11 bits per heavy atom. The number of benzene rings is 2. The molecule has 94 valence electrons. The Morgan fingerprint density at radius 3 is 2.28 bits per heavy atom. The Hall–Kier alpha value is -1.03. The molecule has 2 aromatic carbocycles. The molecule has 1 unspecified atom stereocenters. The van der Waals surface area contributed by atoms with Gasteiger partial charge in [0.2, 0.25) is 0 Å². The molecule has 1 atom stereocenters. The second-order valence-corrected chi connectivity index (χ2v) is 5.32. The van der Waals surface area contributed by atoms with Crippen molar-refractivity contribution < 1.29 is 4.74 Å². The van der Waals surface area contributed by atoms with Gasteiger partial charge < -0.3 is 10.5 Å². The van der Waals surface area contributed by atoms with E-state index in [9.17, 15) is 0 Å². The summed E-state index contributed by atoms with van der Waals surface area (Å²) in [4.78, 5) is 0. The van der Waals surface area contributed by atoms with Crippen LogP contribution in [-0.2, 0) is 0 Å². The molecule has 0 amide bonds. The Bertz CT molecular complexity index is 540. The van der Waals surface area contributed by atoms with E-state index < -0.39 is 0 Å². The fourth-order valence-electron chi connectivity index (χ4n) is 1.58. The largest absolute Gasteiger partial charge is 0.457 e. The summed E-state index contributed by atoms with van der Waals surface area (Å²) in [5.41, 5.74) is 6.90. The Balaban J connectivity index is 2.20. The molecule has 2 N–H and O–H groups in total. The molecule has 0 spiro atoms. The molecule has 0 aliphatic heterocycles. The molecule has 0 saturated heterocycles. The zero-order valence-corrected chi connectivity index (χ0v) is 12.2. The van der Waals surface area contributed by atoms with E-state index in [4.69, 9.17) is 22.1 Å². The summed E-state index contributed by atoms with van der Waals surface area (Å²) in [6, 6.07) is 13.0. The van der Waals surface area contributed by atoms with Crippen LogP contribution in [0.15, 0.2) is 46.9 Å². The number of ether oxygens (including phenoxy) is 1. The maximum absolute atomic E-state index is 5.85. The third-order valence-corrected chi connectivity index (χ3v) is 3.45. The predicted molar refractivity (Wildman–Crippen MR) is 78.3 cm³/mol. The SMILES string of the molecule is CC(N)c1ccc(Oc2ccc(Cl)cc2)cc1Br. The maximum atomic E-state index is 5.85. The molecule has 0 saturated carbocycles. The summed E-state index contributed by atoms with van der Waals surface area (Å²) in [6.45, 7) is 1.94. The molecule has 0 radical (unpaired) electrons. The van der Waals surface area contributed by atoms with Gasteiger partial charge in [0.15, 0.2) is 0 Å². The molecular formula is C14H13BrClNO. The number of halogens is 2. The fraction of sp³-hybridized carbons (Fsp3) is 0.143.